The number of amides is 1. The molecule has 0 heterocycles. The highest BCUT2D eigenvalue weighted by Gasteiger charge is 2.57. The van der Waals surface area contributed by atoms with Gasteiger partial charge in [0.05, 0.1) is 0 Å². The molecule has 120 valence electrons. The minimum Gasteiger partial charge on any atom is -0.484 e. The van der Waals surface area contributed by atoms with Gasteiger partial charge in [-0.05, 0) is 31.9 Å². The van der Waals surface area contributed by atoms with Gasteiger partial charge in [0.15, 0.2) is 6.61 Å². The Morgan fingerprint density at radius 3 is 2.50 bits per heavy atom. The quantitative estimate of drug-likeness (QED) is 0.819. The van der Waals surface area contributed by atoms with E-state index in [9.17, 15) is 22.8 Å². The number of hydrogen-bond donors (Lipinski definition) is 2. The number of carboxylic acid groups (broad SMARTS) is 1. The average Bonchev–Trinajstić information content (AvgIpc) is 3.20. The normalized spacial score (nSPS) is 16.0. The van der Waals surface area contributed by atoms with Gasteiger partial charge in [0, 0.05) is 11.3 Å². The Morgan fingerprint density at radius 1 is 1.36 bits per heavy atom. The minimum absolute atomic E-state index is 0.0182. The number of carbonyl (C=O) groups is 2. The Labute approximate surface area is 124 Å². The van der Waals surface area contributed by atoms with Crippen molar-refractivity contribution in [3.63, 3.8) is 0 Å². The van der Waals surface area contributed by atoms with E-state index < -0.39 is 30.1 Å². The molecule has 0 aromatic heterocycles. The van der Waals surface area contributed by atoms with Crippen LogP contribution < -0.4 is 10.1 Å². The van der Waals surface area contributed by atoms with E-state index in [0.29, 0.717) is 5.56 Å². The summed E-state index contributed by atoms with van der Waals surface area (Å²) in [5, 5.41) is 11.5. The summed E-state index contributed by atoms with van der Waals surface area (Å²) in [6.07, 6.45) is -3.97. The van der Waals surface area contributed by atoms with E-state index in [1.165, 1.54) is 25.1 Å². The molecule has 1 aromatic carbocycles. The molecule has 5 nitrogen and oxygen atoms in total. The van der Waals surface area contributed by atoms with Crippen molar-refractivity contribution in [3.8, 4) is 5.75 Å². The number of rotatable bonds is 5. The van der Waals surface area contributed by atoms with Crippen molar-refractivity contribution in [3.05, 3.63) is 23.8 Å². The summed E-state index contributed by atoms with van der Waals surface area (Å²) in [5.41, 5.74) is -0.881. The number of aliphatic carboxylic acids is 1. The van der Waals surface area contributed by atoms with E-state index >= 15 is 0 Å². The fourth-order valence-corrected chi connectivity index (χ4v) is 1.97. The monoisotopic (exact) mass is 317 g/mol. The molecule has 1 saturated carbocycles. The van der Waals surface area contributed by atoms with Crippen LogP contribution in [0.25, 0.3) is 0 Å². The number of alkyl halides is 3. The van der Waals surface area contributed by atoms with Gasteiger partial charge in [-0.15, -0.1) is 0 Å². The van der Waals surface area contributed by atoms with Gasteiger partial charge in [-0.3, -0.25) is 9.59 Å². The van der Waals surface area contributed by atoms with E-state index in [1.807, 2.05) is 0 Å². The van der Waals surface area contributed by atoms with Crippen LogP contribution in [0.3, 0.4) is 0 Å². The summed E-state index contributed by atoms with van der Waals surface area (Å²) >= 11 is 0. The van der Waals surface area contributed by atoms with Crippen molar-refractivity contribution in [2.45, 2.75) is 25.9 Å². The van der Waals surface area contributed by atoms with Gasteiger partial charge in [0.25, 0.3) is 0 Å². The minimum atomic E-state index is -4.47. The molecule has 0 spiro atoms. The highest BCUT2D eigenvalue weighted by molar-refractivity contribution is 6.11. The standard InChI is InChI=1S/C14H14F3NO4/c1-8-9(18-11(19)13(5-6-13)12(20)21)3-2-4-10(8)22-7-14(15,16)17/h2-4H,5-7H2,1H3,(H,18,19)(H,20,21). The van der Waals surface area contributed by atoms with Gasteiger partial charge in [0.2, 0.25) is 5.91 Å². The van der Waals surface area contributed by atoms with Crippen molar-refractivity contribution in [1.29, 1.82) is 0 Å². The van der Waals surface area contributed by atoms with Crippen LogP contribution in [0.4, 0.5) is 18.9 Å². The maximum atomic E-state index is 12.2. The Hall–Kier alpha value is -2.25. The summed E-state index contributed by atoms with van der Waals surface area (Å²) in [5.74, 6) is -1.89. The third kappa shape index (κ3) is 3.32. The third-order valence-electron chi connectivity index (χ3n) is 3.52. The fourth-order valence-electron chi connectivity index (χ4n) is 1.97. The van der Waals surface area contributed by atoms with E-state index in [4.69, 9.17) is 5.11 Å². The summed E-state index contributed by atoms with van der Waals surface area (Å²) in [6.45, 7) is 0.0476. The molecular formula is C14H14F3NO4. The van der Waals surface area contributed by atoms with Gasteiger partial charge >= 0.3 is 12.1 Å². The van der Waals surface area contributed by atoms with Crippen LogP contribution in [0.1, 0.15) is 18.4 Å². The molecule has 8 heteroatoms. The molecule has 0 radical (unpaired) electrons. The summed E-state index contributed by atoms with van der Waals surface area (Å²) in [7, 11) is 0. The number of ether oxygens (including phenoxy) is 1. The molecule has 22 heavy (non-hydrogen) atoms. The second-order valence-corrected chi connectivity index (χ2v) is 5.17. The van der Waals surface area contributed by atoms with Crippen LogP contribution in [0.5, 0.6) is 5.75 Å². The average molecular weight is 317 g/mol. The zero-order chi connectivity index (χ0) is 16.5. The second-order valence-electron chi connectivity index (χ2n) is 5.17. The van der Waals surface area contributed by atoms with Crippen LogP contribution in [0.2, 0.25) is 0 Å². The molecule has 1 aliphatic rings. The SMILES string of the molecule is Cc1c(NC(=O)C2(C(=O)O)CC2)cccc1OCC(F)(F)F. The maximum absolute atomic E-state index is 12.2. The van der Waals surface area contributed by atoms with Crippen LogP contribution in [-0.4, -0.2) is 29.8 Å². The molecule has 0 saturated heterocycles. The van der Waals surface area contributed by atoms with Crippen LogP contribution in [0, 0.1) is 12.3 Å². The molecule has 2 N–H and O–H groups in total. The molecule has 2 rings (SSSR count). The molecule has 1 amide bonds. The van der Waals surface area contributed by atoms with Crippen molar-refractivity contribution in [1.82, 2.24) is 0 Å². The van der Waals surface area contributed by atoms with Crippen molar-refractivity contribution < 1.29 is 32.6 Å². The number of halogens is 3. The van der Waals surface area contributed by atoms with Gasteiger partial charge in [0.1, 0.15) is 11.2 Å². The molecule has 0 aliphatic heterocycles. The van der Waals surface area contributed by atoms with Crippen LogP contribution in [-0.2, 0) is 9.59 Å². The predicted octanol–water partition coefficient (Wildman–Crippen LogP) is 2.74. The van der Waals surface area contributed by atoms with Gasteiger partial charge in [-0.2, -0.15) is 13.2 Å². The van der Waals surface area contributed by atoms with Gasteiger partial charge < -0.3 is 15.2 Å². The fraction of sp³-hybridized carbons (Fsp3) is 0.429. The molecule has 1 aliphatic carbocycles. The number of carbonyl (C=O) groups excluding carboxylic acids is 1. The highest BCUT2D eigenvalue weighted by atomic mass is 19.4. The van der Waals surface area contributed by atoms with E-state index in [1.54, 1.807) is 0 Å². The number of nitrogens with one attached hydrogen (secondary N) is 1. The first-order chi connectivity index (χ1) is 10.2. The Kier molecular flexibility index (Phi) is 4.04. The summed E-state index contributed by atoms with van der Waals surface area (Å²) in [4.78, 5) is 23.1. The van der Waals surface area contributed by atoms with Crippen molar-refractivity contribution in [2.24, 2.45) is 5.41 Å². The smallest absolute Gasteiger partial charge is 0.422 e. The van der Waals surface area contributed by atoms with Crippen molar-refractivity contribution >= 4 is 17.6 Å². The number of hydrogen-bond acceptors (Lipinski definition) is 3. The predicted molar refractivity (Wildman–Crippen MR) is 70.7 cm³/mol. The van der Waals surface area contributed by atoms with E-state index in [2.05, 4.69) is 10.1 Å². The Bertz CT molecular complexity index is 609. The lowest BCUT2D eigenvalue weighted by Gasteiger charge is -2.16. The molecule has 0 unspecified atom stereocenters. The lowest BCUT2D eigenvalue weighted by molar-refractivity contribution is -0.153. The Morgan fingerprint density at radius 2 is 2.00 bits per heavy atom. The first kappa shape index (κ1) is 16.1. The number of anilines is 1. The topological polar surface area (TPSA) is 75.6 Å². The molecular weight excluding hydrogens is 303 g/mol. The zero-order valence-corrected chi connectivity index (χ0v) is 11.7. The van der Waals surface area contributed by atoms with E-state index in [0.717, 1.165) is 0 Å². The second kappa shape index (κ2) is 5.51. The van der Waals surface area contributed by atoms with E-state index in [-0.39, 0.29) is 24.3 Å². The largest absolute Gasteiger partial charge is 0.484 e. The number of carboxylic acids is 1. The summed E-state index contributed by atoms with van der Waals surface area (Å²) < 4.78 is 41.2. The molecule has 1 aromatic rings. The lowest BCUT2D eigenvalue weighted by atomic mass is 10.1. The first-order valence-corrected chi connectivity index (χ1v) is 6.50. The molecule has 0 atom stereocenters. The van der Waals surface area contributed by atoms with Gasteiger partial charge in [-0.1, -0.05) is 6.07 Å². The van der Waals surface area contributed by atoms with Gasteiger partial charge in [-0.25, -0.2) is 0 Å². The van der Waals surface area contributed by atoms with Crippen LogP contribution in [0.15, 0.2) is 18.2 Å². The maximum Gasteiger partial charge on any atom is 0.422 e. The molecule has 0 bridgehead atoms. The highest BCUT2D eigenvalue weighted by Crippen LogP contribution is 2.47. The number of benzene rings is 1. The van der Waals surface area contributed by atoms with Crippen LogP contribution >= 0.6 is 0 Å². The molecule has 1 fully saturated rings. The zero-order valence-electron chi connectivity index (χ0n) is 11.7. The summed E-state index contributed by atoms with van der Waals surface area (Å²) in [6, 6.07) is 4.25. The lowest BCUT2D eigenvalue weighted by Crippen LogP contribution is -2.31. The van der Waals surface area contributed by atoms with Crippen molar-refractivity contribution in [2.75, 3.05) is 11.9 Å². The third-order valence-corrected chi connectivity index (χ3v) is 3.52. The first-order valence-electron chi connectivity index (χ1n) is 6.50. The Balaban J connectivity index is 2.12.